The predicted molar refractivity (Wildman–Crippen MR) is 78.3 cm³/mol. The van der Waals surface area contributed by atoms with E-state index >= 15 is 0 Å². The summed E-state index contributed by atoms with van der Waals surface area (Å²) in [4.78, 5) is 39.8. The van der Waals surface area contributed by atoms with E-state index in [2.05, 4.69) is 10.3 Å². The van der Waals surface area contributed by atoms with Gasteiger partial charge in [-0.3, -0.25) is 14.2 Å². The van der Waals surface area contributed by atoms with Gasteiger partial charge in [-0.15, -0.1) is 11.3 Å². The largest absolute Gasteiger partial charge is 0.480 e. The normalized spacial score (nSPS) is 12.5. The van der Waals surface area contributed by atoms with Gasteiger partial charge in [-0.05, 0) is 17.4 Å². The van der Waals surface area contributed by atoms with Gasteiger partial charge in [0, 0.05) is 0 Å². The molecule has 2 aromatic rings. The predicted octanol–water partition coefficient (Wildman–Crippen LogP) is 0.683. The minimum Gasteiger partial charge on any atom is -0.480 e. The molecule has 0 aromatic carbocycles. The van der Waals surface area contributed by atoms with Crippen molar-refractivity contribution in [1.29, 1.82) is 0 Å². The SMILES string of the molecule is CC(C)[C@@H](NC(=O)Cn1cnc2sccc2c1=O)C(=O)O. The molecule has 0 aliphatic rings. The molecule has 0 radical (unpaired) electrons. The molecular weight excluding hydrogens is 294 g/mol. The van der Waals surface area contributed by atoms with Crippen molar-refractivity contribution in [2.24, 2.45) is 5.92 Å². The number of thiophene rings is 1. The maximum Gasteiger partial charge on any atom is 0.326 e. The average molecular weight is 309 g/mol. The van der Waals surface area contributed by atoms with Gasteiger partial charge in [0.05, 0.1) is 11.7 Å². The van der Waals surface area contributed by atoms with Gasteiger partial charge in [-0.2, -0.15) is 0 Å². The summed E-state index contributed by atoms with van der Waals surface area (Å²) in [5, 5.41) is 13.6. The number of aromatic nitrogens is 2. The lowest BCUT2D eigenvalue weighted by molar-refractivity contribution is -0.143. The lowest BCUT2D eigenvalue weighted by Gasteiger charge is -2.18. The Labute approximate surface area is 124 Å². The van der Waals surface area contributed by atoms with Gasteiger partial charge < -0.3 is 10.4 Å². The lowest BCUT2D eigenvalue weighted by atomic mass is 10.1. The van der Waals surface area contributed by atoms with E-state index in [-0.39, 0.29) is 18.0 Å². The highest BCUT2D eigenvalue weighted by atomic mass is 32.1. The van der Waals surface area contributed by atoms with Crippen molar-refractivity contribution in [1.82, 2.24) is 14.9 Å². The fraction of sp³-hybridized carbons (Fsp3) is 0.385. The first kappa shape index (κ1) is 15.2. The van der Waals surface area contributed by atoms with Gasteiger partial charge in [0.2, 0.25) is 5.91 Å². The summed E-state index contributed by atoms with van der Waals surface area (Å²) >= 11 is 1.34. The second-order valence-corrected chi connectivity index (χ2v) is 5.84. The Morgan fingerprint density at radius 1 is 1.48 bits per heavy atom. The lowest BCUT2D eigenvalue weighted by Crippen LogP contribution is -2.46. The number of fused-ring (bicyclic) bond motifs is 1. The standard InChI is InChI=1S/C13H15N3O4S/c1-7(2)10(13(19)20)15-9(17)5-16-6-14-11-8(12(16)18)3-4-21-11/h3-4,6-7,10H,5H2,1-2H3,(H,15,17)(H,19,20)/t10-/m1/s1. The molecular formula is C13H15N3O4S. The van der Waals surface area contributed by atoms with Crippen molar-refractivity contribution in [3.8, 4) is 0 Å². The van der Waals surface area contributed by atoms with Gasteiger partial charge in [0.25, 0.3) is 5.56 Å². The van der Waals surface area contributed by atoms with E-state index in [1.54, 1.807) is 25.3 Å². The van der Waals surface area contributed by atoms with Crippen LogP contribution in [0, 0.1) is 5.92 Å². The van der Waals surface area contributed by atoms with Gasteiger partial charge in [0.15, 0.2) is 0 Å². The Morgan fingerprint density at radius 2 is 2.19 bits per heavy atom. The van der Waals surface area contributed by atoms with Crippen LogP contribution in [-0.4, -0.2) is 32.6 Å². The minimum atomic E-state index is -1.10. The van der Waals surface area contributed by atoms with Crippen molar-refractivity contribution in [2.45, 2.75) is 26.4 Å². The molecule has 2 heterocycles. The summed E-state index contributed by atoms with van der Waals surface area (Å²) in [7, 11) is 0. The summed E-state index contributed by atoms with van der Waals surface area (Å²) in [6, 6.07) is 0.670. The first-order valence-electron chi connectivity index (χ1n) is 6.35. The molecule has 0 fully saturated rings. The maximum atomic E-state index is 12.1. The Balaban J connectivity index is 2.16. The van der Waals surface area contributed by atoms with E-state index in [9.17, 15) is 14.4 Å². The van der Waals surface area contributed by atoms with Crippen LogP contribution in [0.4, 0.5) is 0 Å². The number of rotatable bonds is 5. The summed E-state index contributed by atoms with van der Waals surface area (Å²) in [5.41, 5.74) is -0.312. The first-order valence-corrected chi connectivity index (χ1v) is 7.23. The number of nitrogens with one attached hydrogen (secondary N) is 1. The van der Waals surface area contributed by atoms with Crippen LogP contribution in [0.15, 0.2) is 22.6 Å². The Kier molecular flexibility index (Phi) is 4.37. The van der Waals surface area contributed by atoms with Gasteiger partial charge in [0.1, 0.15) is 17.4 Å². The van der Waals surface area contributed by atoms with E-state index in [1.807, 2.05) is 0 Å². The monoisotopic (exact) mass is 309 g/mol. The van der Waals surface area contributed by atoms with Crippen molar-refractivity contribution in [3.63, 3.8) is 0 Å². The molecule has 0 bridgehead atoms. The second kappa shape index (κ2) is 6.04. The highest BCUT2D eigenvalue weighted by Gasteiger charge is 2.23. The molecule has 0 saturated heterocycles. The zero-order valence-corrected chi connectivity index (χ0v) is 12.4. The molecule has 0 saturated carbocycles. The van der Waals surface area contributed by atoms with Crippen molar-refractivity contribution in [2.75, 3.05) is 0 Å². The summed E-state index contributed by atoms with van der Waals surface area (Å²) < 4.78 is 1.17. The van der Waals surface area contributed by atoms with E-state index in [0.29, 0.717) is 10.2 Å². The molecule has 0 aliphatic carbocycles. The van der Waals surface area contributed by atoms with Crippen LogP contribution < -0.4 is 10.9 Å². The summed E-state index contributed by atoms with van der Waals surface area (Å²) in [6.07, 6.45) is 1.30. The summed E-state index contributed by atoms with van der Waals surface area (Å²) in [6.45, 7) is 3.14. The molecule has 0 aliphatic heterocycles. The fourth-order valence-corrected chi connectivity index (χ4v) is 2.62. The number of aliphatic carboxylic acids is 1. The number of carbonyl (C=O) groups is 2. The Hall–Kier alpha value is -2.22. The smallest absolute Gasteiger partial charge is 0.326 e. The van der Waals surface area contributed by atoms with Crippen LogP contribution in [-0.2, 0) is 16.1 Å². The molecule has 2 N–H and O–H groups in total. The van der Waals surface area contributed by atoms with Gasteiger partial charge in [-0.25, -0.2) is 9.78 Å². The molecule has 1 atom stereocenters. The van der Waals surface area contributed by atoms with Crippen LogP contribution in [0.25, 0.3) is 10.2 Å². The molecule has 0 unspecified atom stereocenters. The number of hydrogen-bond donors (Lipinski definition) is 2. The topological polar surface area (TPSA) is 101 Å². The van der Waals surface area contributed by atoms with E-state index in [4.69, 9.17) is 5.11 Å². The average Bonchev–Trinajstić information content (AvgIpc) is 2.87. The van der Waals surface area contributed by atoms with E-state index in [1.165, 1.54) is 22.2 Å². The number of carboxylic acids is 1. The molecule has 2 aromatic heterocycles. The summed E-state index contributed by atoms with van der Waals surface area (Å²) in [5.74, 6) is -1.88. The van der Waals surface area contributed by atoms with E-state index in [0.717, 1.165) is 0 Å². The zero-order valence-electron chi connectivity index (χ0n) is 11.6. The molecule has 8 heteroatoms. The highest BCUT2D eigenvalue weighted by molar-refractivity contribution is 7.16. The van der Waals surface area contributed by atoms with Gasteiger partial charge in [-0.1, -0.05) is 13.8 Å². The fourth-order valence-electron chi connectivity index (χ4n) is 1.89. The third-order valence-corrected chi connectivity index (χ3v) is 3.83. The molecule has 1 amide bonds. The van der Waals surface area contributed by atoms with Gasteiger partial charge >= 0.3 is 5.97 Å². The third-order valence-electron chi connectivity index (χ3n) is 3.01. The van der Waals surface area contributed by atoms with E-state index < -0.39 is 17.9 Å². The van der Waals surface area contributed by atoms with Crippen LogP contribution in [0.3, 0.4) is 0 Å². The number of hydrogen-bond acceptors (Lipinski definition) is 5. The van der Waals surface area contributed by atoms with Crippen molar-refractivity contribution < 1.29 is 14.7 Å². The maximum absolute atomic E-state index is 12.1. The van der Waals surface area contributed by atoms with Crippen LogP contribution >= 0.6 is 11.3 Å². The number of nitrogens with zero attached hydrogens (tertiary/aromatic N) is 2. The second-order valence-electron chi connectivity index (χ2n) is 4.94. The Bertz CT molecular complexity index is 734. The van der Waals surface area contributed by atoms with Crippen LogP contribution in [0.5, 0.6) is 0 Å². The zero-order chi connectivity index (χ0) is 15.6. The first-order chi connectivity index (χ1) is 9.90. The molecule has 21 heavy (non-hydrogen) atoms. The molecule has 2 rings (SSSR count). The minimum absolute atomic E-state index is 0.249. The van der Waals surface area contributed by atoms with Crippen molar-refractivity contribution >= 4 is 33.4 Å². The number of amides is 1. The molecule has 112 valence electrons. The van der Waals surface area contributed by atoms with Crippen molar-refractivity contribution in [3.05, 3.63) is 28.1 Å². The van der Waals surface area contributed by atoms with Crippen LogP contribution in [0.2, 0.25) is 0 Å². The third kappa shape index (κ3) is 3.27. The number of carboxylic acid groups (broad SMARTS) is 1. The number of carbonyl (C=O) groups excluding carboxylic acids is 1. The Morgan fingerprint density at radius 3 is 2.81 bits per heavy atom. The molecule has 7 nitrogen and oxygen atoms in total. The highest BCUT2D eigenvalue weighted by Crippen LogP contribution is 2.13. The quantitative estimate of drug-likeness (QED) is 0.846. The van der Waals surface area contributed by atoms with Crippen LogP contribution in [0.1, 0.15) is 13.8 Å². The molecule has 0 spiro atoms.